The molecule has 8 heteroatoms. The molecule has 1 aromatic rings. The van der Waals surface area contributed by atoms with Gasteiger partial charge in [0.25, 0.3) is 0 Å². The number of hydrogen-bond acceptors (Lipinski definition) is 4. The van der Waals surface area contributed by atoms with Gasteiger partial charge in [0.15, 0.2) is 6.09 Å². The number of carboxylic acid groups (broad SMARTS) is 2. The molecular weight excluding hydrogens is 310 g/mol. The quantitative estimate of drug-likeness (QED) is 0.716. The monoisotopic (exact) mass is 332 g/mol. The third-order valence-corrected chi connectivity index (χ3v) is 4.42. The van der Waals surface area contributed by atoms with E-state index in [1.807, 2.05) is 44.2 Å². The Hall–Kier alpha value is -1.38. The van der Waals surface area contributed by atoms with E-state index in [0.29, 0.717) is 6.54 Å². The van der Waals surface area contributed by atoms with Crippen LogP contribution < -0.4 is 20.8 Å². The molecule has 118 valence electrons. The molecular formula is C13H22N2O4P2. The van der Waals surface area contributed by atoms with Crippen molar-refractivity contribution in [1.82, 2.24) is 9.99 Å². The van der Waals surface area contributed by atoms with Crippen molar-refractivity contribution < 1.29 is 19.8 Å². The summed E-state index contributed by atoms with van der Waals surface area (Å²) in [4.78, 5) is 20.3. The molecule has 0 aliphatic heterocycles. The van der Waals surface area contributed by atoms with Crippen LogP contribution in [0.25, 0.3) is 0 Å². The Kier molecular flexibility index (Phi) is 10.6. The molecule has 2 amide bonds. The normalized spacial score (nSPS) is 10.2. The van der Waals surface area contributed by atoms with Crippen LogP contribution >= 0.6 is 18.0 Å². The first-order valence-electron chi connectivity index (χ1n) is 6.51. The Balaban J connectivity index is 0.000000486. The van der Waals surface area contributed by atoms with Gasteiger partial charge in [-0.3, -0.25) is 0 Å². The average Bonchev–Trinajstić information content (AvgIpc) is 2.43. The van der Waals surface area contributed by atoms with E-state index in [9.17, 15) is 19.8 Å². The number of rotatable bonds is 5. The van der Waals surface area contributed by atoms with Crippen LogP contribution in [0.4, 0.5) is 9.59 Å². The van der Waals surface area contributed by atoms with Crippen LogP contribution in [0.5, 0.6) is 0 Å². The van der Waals surface area contributed by atoms with Gasteiger partial charge >= 0.3 is 0 Å². The summed E-state index contributed by atoms with van der Waals surface area (Å²) in [7, 11) is 1.32. The minimum absolute atomic E-state index is 0.0183. The maximum Gasteiger partial charge on any atom is 0.172 e. The second kappa shape index (κ2) is 11.3. The van der Waals surface area contributed by atoms with Crippen molar-refractivity contribution in [2.24, 2.45) is 0 Å². The van der Waals surface area contributed by atoms with E-state index in [4.69, 9.17) is 0 Å². The van der Waals surface area contributed by atoms with Crippen LogP contribution in [0, 0.1) is 0 Å². The first-order chi connectivity index (χ1) is 9.88. The summed E-state index contributed by atoms with van der Waals surface area (Å²) in [6.07, 6.45) is -1.43. The van der Waals surface area contributed by atoms with Gasteiger partial charge < -0.3 is 25.1 Å². The number of nitrogens with zero attached hydrogens (tertiary/aromatic N) is 1. The van der Waals surface area contributed by atoms with Gasteiger partial charge in [0.2, 0.25) is 0 Å². The van der Waals surface area contributed by atoms with E-state index in [-0.39, 0.29) is 6.04 Å². The average molecular weight is 332 g/mol. The molecule has 0 fully saturated rings. The Labute approximate surface area is 129 Å². The SMILES string of the molecule is CC(C)N([PH2+]c1ccccc1)C(=O)[O-].O=C([O-])NCC[PH3+]. The number of amides is 2. The molecule has 0 spiro atoms. The largest absolute Gasteiger partial charge is 0.530 e. The smallest absolute Gasteiger partial charge is 0.172 e. The first kappa shape index (κ1) is 19.6. The molecule has 1 N–H and O–H groups in total. The van der Waals surface area contributed by atoms with Crippen molar-refractivity contribution in [2.45, 2.75) is 19.9 Å². The van der Waals surface area contributed by atoms with Crippen LogP contribution in [0.1, 0.15) is 13.8 Å². The predicted molar refractivity (Wildman–Crippen MR) is 87.5 cm³/mol. The maximum atomic E-state index is 10.8. The van der Waals surface area contributed by atoms with E-state index in [1.165, 1.54) is 4.67 Å². The molecule has 2 unspecified atom stereocenters. The van der Waals surface area contributed by atoms with Gasteiger partial charge in [-0.2, -0.15) is 0 Å². The molecule has 2 atom stereocenters. The summed E-state index contributed by atoms with van der Waals surface area (Å²) in [6, 6.07) is 9.60. The van der Waals surface area contributed by atoms with E-state index >= 15 is 0 Å². The lowest BCUT2D eigenvalue weighted by atomic mass is 10.4. The van der Waals surface area contributed by atoms with Gasteiger partial charge in [-0.05, 0) is 35.2 Å². The van der Waals surface area contributed by atoms with Gasteiger partial charge in [-0.1, -0.05) is 18.2 Å². The van der Waals surface area contributed by atoms with Crippen molar-refractivity contribution in [3.63, 3.8) is 0 Å². The highest BCUT2D eigenvalue weighted by Gasteiger charge is 2.15. The van der Waals surface area contributed by atoms with Crippen LogP contribution in [0.2, 0.25) is 0 Å². The van der Waals surface area contributed by atoms with Gasteiger partial charge in [0.1, 0.15) is 20.1 Å². The van der Waals surface area contributed by atoms with Gasteiger partial charge in [0, 0.05) is 6.54 Å². The topological polar surface area (TPSA) is 95.5 Å². The molecule has 0 aliphatic carbocycles. The third-order valence-electron chi connectivity index (χ3n) is 2.30. The molecule has 0 aliphatic rings. The zero-order valence-electron chi connectivity index (χ0n) is 12.2. The standard InChI is InChI=1S/C10H14NO2P.C3H8NO2P/c1-8(2)11(10(12)13)14-9-6-4-3-5-7-9;5-3(6)4-1-2-7/h3-8,14H,1-2H3,(H,12,13);4H,1-2,7H2,(H,5,6). The molecule has 0 aromatic heterocycles. The Morgan fingerprint density at radius 3 is 2.19 bits per heavy atom. The zero-order valence-corrected chi connectivity index (χ0v) is 14.8. The van der Waals surface area contributed by atoms with Crippen LogP contribution in [-0.2, 0) is 0 Å². The Morgan fingerprint density at radius 1 is 1.29 bits per heavy atom. The van der Waals surface area contributed by atoms with E-state index < -0.39 is 20.9 Å². The summed E-state index contributed by atoms with van der Waals surface area (Å²) < 4.78 is 1.38. The third kappa shape index (κ3) is 10.1. The number of carbonyl (C=O) groups is 2. The van der Waals surface area contributed by atoms with Gasteiger partial charge in [-0.15, -0.1) is 0 Å². The Morgan fingerprint density at radius 2 is 1.86 bits per heavy atom. The summed E-state index contributed by atoms with van der Waals surface area (Å²) in [5.74, 6) is 0. The fourth-order valence-corrected chi connectivity index (χ4v) is 2.60. The minimum atomic E-state index is -1.19. The van der Waals surface area contributed by atoms with Crippen molar-refractivity contribution in [2.75, 3.05) is 12.7 Å². The zero-order chi connectivity index (χ0) is 16.3. The summed E-state index contributed by atoms with van der Waals surface area (Å²) in [5, 5.41) is 23.5. The van der Waals surface area contributed by atoms with Crippen molar-refractivity contribution >= 4 is 35.5 Å². The molecule has 0 saturated carbocycles. The molecule has 0 radical (unpaired) electrons. The number of hydrogen-bond donors (Lipinski definition) is 1. The fourth-order valence-electron chi connectivity index (χ4n) is 1.30. The molecule has 0 bridgehead atoms. The molecule has 6 nitrogen and oxygen atoms in total. The molecule has 21 heavy (non-hydrogen) atoms. The number of carbonyl (C=O) groups excluding carboxylic acids is 2. The van der Waals surface area contributed by atoms with Gasteiger partial charge in [-0.25, -0.2) is 4.67 Å². The fraction of sp³-hybridized carbons (Fsp3) is 0.385. The van der Waals surface area contributed by atoms with Gasteiger partial charge in [0.05, 0.1) is 12.2 Å². The lowest BCUT2D eigenvalue weighted by molar-refractivity contribution is -0.260. The lowest BCUT2D eigenvalue weighted by Crippen LogP contribution is -2.40. The van der Waals surface area contributed by atoms with Crippen LogP contribution in [0.3, 0.4) is 0 Å². The highest BCUT2D eigenvalue weighted by molar-refractivity contribution is 7.45. The van der Waals surface area contributed by atoms with Crippen molar-refractivity contribution in [3.05, 3.63) is 30.3 Å². The van der Waals surface area contributed by atoms with E-state index in [1.54, 1.807) is 9.24 Å². The van der Waals surface area contributed by atoms with Crippen LogP contribution in [-0.4, -0.2) is 35.6 Å². The molecule has 0 saturated heterocycles. The summed E-state index contributed by atoms with van der Waals surface area (Å²) in [6.45, 7) is 4.21. The second-order valence-corrected chi connectivity index (χ2v) is 6.56. The van der Waals surface area contributed by atoms with E-state index in [0.717, 1.165) is 11.5 Å². The first-order valence-corrected chi connectivity index (χ1v) is 8.61. The lowest BCUT2D eigenvalue weighted by Gasteiger charge is -2.22. The predicted octanol–water partition coefficient (Wildman–Crippen LogP) is -0.782. The summed E-state index contributed by atoms with van der Waals surface area (Å²) >= 11 is 0. The molecule has 1 aromatic carbocycles. The maximum absolute atomic E-state index is 10.8. The number of benzene rings is 1. The minimum Gasteiger partial charge on any atom is -0.530 e. The second-order valence-electron chi connectivity index (χ2n) is 4.37. The van der Waals surface area contributed by atoms with Crippen LogP contribution in [0.15, 0.2) is 30.3 Å². The Bertz CT molecular complexity index is 429. The number of nitrogens with one attached hydrogen (secondary N) is 1. The van der Waals surface area contributed by atoms with E-state index in [2.05, 4.69) is 5.32 Å². The molecule has 1 rings (SSSR count). The molecule has 0 heterocycles. The van der Waals surface area contributed by atoms with Crippen molar-refractivity contribution in [1.29, 1.82) is 0 Å². The summed E-state index contributed by atoms with van der Waals surface area (Å²) in [5.41, 5.74) is 0. The van der Waals surface area contributed by atoms with Crippen molar-refractivity contribution in [3.8, 4) is 0 Å². The highest BCUT2D eigenvalue weighted by atomic mass is 31.1. The highest BCUT2D eigenvalue weighted by Crippen LogP contribution is 2.19.